The fourth-order valence-electron chi connectivity index (χ4n) is 7.19. The fourth-order valence-corrected chi connectivity index (χ4v) is 7.53. The van der Waals surface area contributed by atoms with Gasteiger partial charge < -0.3 is 134 Å². The van der Waals surface area contributed by atoms with Crippen molar-refractivity contribution in [2.45, 2.75) is 154 Å². The first-order valence-electron chi connectivity index (χ1n) is 18.4. The van der Waals surface area contributed by atoms with Crippen molar-refractivity contribution in [3.8, 4) is 0 Å². The molecule has 0 saturated carbocycles. The highest BCUT2D eigenvalue weighted by atomic mass is 31.2. The van der Waals surface area contributed by atoms with E-state index < -0.39 is 194 Å². The molecule has 60 heavy (non-hydrogen) atoms. The Morgan fingerprint density at radius 3 is 1.03 bits per heavy atom. The van der Waals surface area contributed by atoms with Crippen LogP contribution >= 0.6 is 7.82 Å². The van der Waals surface area contributed by atoms with Crippen LogP contribution in [0.2, 0.25) is 0 Å². The van der Waals surface area contributed by atoms with Gasteiger partial charge in [-0.05, 0) is 0 Å². The summed E-state index contributed by atoms with van der Waals surface area (Å²) < 4.78 is 65.1. The molecule has 0 amide bonds. The SMILES string of the molecule is O=P(O)(O)OC[C@H]1O[C@H](O[C@H]2[C@H](O)[C@@H](O)[C@@H](O[C@H]3[C@H](O)[C@@H](O)[C@@H](O[C@H]4[C@@H](O)[C@@H](O)C(O)O[C@@H]4CO)O[C@@H]3CO)O[C@@H]2CO)[C@H](O)[C@@H](O)[C@@H]1O[C@H]1O[C@H](CO)[C@@H](O)[C@H](O)[C@H]1O. The van der Waals surface area contributed by atoms with Crippen LogP contribution in [0.5, 0.6) is 0 Å². The summed E-state index contributed by atoms with van der Waals surface area (Å²) in [6.45, 7) is -4.94. The summed E-state index contributed by atoms with van der Waals surface area (Å²) in [5.41, 5.74) is 0. The van der Waals surface area contributed by atoms with Crippen molar-refractivity contribution in [2.75, 3.05) is 33.0 Å². The number of ether oxygens (including phenoxy) is 9. The third-order valence-electron chi connectivity index (χ3n) is 10.5. The van der Waals surface area contributed by atoms with Crippen LogP contribution in [0.4, 0.5) is 0 Å². The molecule has 5 rings (SSSR count). The zero-order chi connectivity index (χ0) is 44.5. The predicted octanol–water partition coefficient (Wildman–Crippen LogP) is -11.8. The van der Waals surface area contributed by atoms with Gasteiger partial charge in [-0.2, -0.15) is 0 Å². The van der Waals surface area contributed by atoms with Gasteiger partial charge in [0.15, 0.2) is 31.5 Å². The maximum Gasteiger partial charge on any atom is 0.469 e. The summed E-state index contributed by atoms with van der Waals surface area (Å²) in [7, 11) is -5.28. The first-order valence-corrected chi connectivity index (χ1v) is 19.9. The predicted molar refractivity (Wildman–Crippen MR) is 177 cm³/mol. The number of hydrogen-bond donors (Lipinski definition) is 18. The van der Waals surface area contributed by atoms with Crippen LogP contribution in [0, 0.1) is 0 Å². The molecule has 0 aliphatic carbocycles. The van der Waals surface area contributed by atoms with Gasteiger partial charge in [0, 0.05) is 0 Å². The van der Waals surface area contributed by atoms with Crippen molar-refractivity contribution in [2.24, 2.45) is 0 Å². The molecule has 0 aromatic carbocycles. The summed E-state index contributed by atoms with van der Waals surface area (Å²) in [5.74, 6) is 0. The summed E-state index contributed by atoms with van der Waals surface area (Å²) >= 11 is 0. The second-order valence-corrected chi connectivity index (χ2v) is 15.8. The quantitative estimate of drug-likeness (QED) is 0.0678. The Morgan fingerprint density at radius 2 is 0.667 bits per heavy atom. The molecule has 5 saturated heterocycles. The zero-order valence-corrected chi connectivity index (χ0v) is 31.9. The molecule has 0 aromatic rings. The zero-order valence-electron chi connectivity index (χ0n) is 31.0. The van der Waals surface area contributed by atoms with E-state index in [1.807, 2.05) is 0 Å². The summed E-state index contributed by atoms with van der Waals surface area (Å²) in [6, 6.07) is 0. The third-order valence-corrected chi connectivity index (χ3v) is 11.0. The van der Waals surface area contributed by atoms with E-state index in [2.05, 4.69) is 4.52 Å². The van der Waals surface area contributed by atoms with Crippen LogP contribution in [0.1, 0.15) is 0 Å². The Hall–Kier alpha value is -0.890. The van der Waals surface area contributed by atoms with Gasteiger partial charge in [-0.1, -0.05) is 0 Å². The lowest BCUT2D eigenvalue weighted by Crippen LogP contribution is -2.68. The van der Waals surface area contributed by atoms with Gasteiger partial charge in [0.2, 0.25) is 0 Å². The Kier molecular flexibility index (Phi) is 17.5. The summed E-state index contributed by atoms with van der Waals surface area (Å²) in [6.07, 6.45) is -48.3. The lowest BCUT2D eigenvalue weighted by atomic mass is 9.95. The maximum atomic E-state index is 11.6. The standard InChI is InChI=1S/C30H53O29P/c31-1-6-11(35)12(36)18(42)27(52-6)59-25-10(5-50-60(47,48)49)55-30(21(45)16(25)40)58-24-9(4-34)54-29(20(44)15(24)39)57-23-8(3-33)53-28(19(43)14(23)38)56-22-7(2-32)51-26(46)17(41)13(22)37/h6-46H,1-5H2,(H2,47,48,49)/t6-,7-,8-,9-,10-,11-,12+,13+,14-,15-,16-,17-,18-,19-,20-,21-,22-,23-,24-,25-,26?,27-,28-,29-,30-/m1/s1. The van der Waals surface area contributed by atoms with E-state index in [9.17, 15) is 96.1 Å². The van der Waals surface area contributed by atoms with Gasteiger partial charge >= 0.3 is 7.82 Å². The van der Waals surface area contributed by atoms with Crippen LogP contribution in [-0.4, -0.2) is 278 Å². The topological polar surface area (TPSA) is 474 Å². The fraction of sp³-hybridized carbons (Fsp3) is 1.00. The average Bonchev–Trinajstić information content (AvgIpc) is 3.21. The van der Waals surface area contributed by atoms with Crippen molar-refractivity contribution in [3.05, 3.63) is 0 Å². The number of aliphatic hydroxyl groups is 16. The number of phosphoric acid groups is 1. The third kappa shape index (κ3) is 10.8. The van der Waals surface area contributed by atoms with Crippen molar-refractivity contribution >= 4 is 7.82 Å². The minimum Gasteiger partial charge on any atom is -0.394 e. The number of rotatable bonds is 15. The van der Waals surface area contributed by atoms with Crippen LogP contribution in [0.25, 0.3) is 0 Å². The lowest BCUT2D eigenvalue weighted by molar-refractivity contribution is -0.392. The molecule has 5 heterocycles. The van der Waals surface area contributed by atoms with E-state index in [0.717, 1.165) is 0 Å². The molecule has 30 heteroatoms. The smallest absolute Gasteiger partial charge is 0.394 e. The molecule has 0 aromatic heterocycles. The monoisotopic (exact) mass is 908 g/mol. The Bertz CT molecular complexity index is 1380. The number of phosphoric ester groups is 1. The van der Waals surface area contributed by atoms with E-state index in [-0.39, 0.29) is 0 Å². The molecule has 25 atom stereocenters. The Labute approximate surface area is 337 Å². The molecule has 0 radical (unpaired) electrons. The van der Waals surface area contributed by atoms with E-state index >= 15 is 0 Å². The second-order valence-electron chi connectivity index (χ2n) is 14.6. The van der Waals surface area contributed by atoms with Gasteiger partial charge in [-0.25, -0.2) is 4.57 Å². The van der Waals surface area contributed by atoms with Crippen LogP contribution in [0.15, 0.2) is 0 Å². The minimum atomic E-state index is -5.28. The normalized spacial score (nSPS) is 50.7. The molecular weight excluding hydrogens is 855 g/mol. The van der Waals surface area contributed by atoms with Crippen molar-refractivity contribution < 1.29 is 143 Å². The van der Waals surface area contributed by atoms with Crippen LogP contribution in [0.3, 0.4) is 0 Å². The van der Waals surface area contributed by atoms with Crippen LogP contribution < -0.4 is 0 Å². The molecule has 0 spiro atoms. The maximum absolute atomic E-state index is 11.6. The molecule has 29 nitrogen and oxygen atoms in total. The largest absolute Gasteiger partial charge is 0.469 e. The number of hydrogen-bond acceptors (Lipinski definition) is 27. The van der Waals surface area contributed by atoms with Gasteiger partial charge in [0.25, 0.3) is 0 Å². The molecular formula is C30H53O29P. The van der Waals surface area contributed by atoms with E-state index in [0.29, 0.717) is 0 Å². The molecule has 5 fully saturated rings. The minimum absolute atomic E-state index is 0.861. The molecule has 5 aliphatic rings. The lowest BCUT2D eigenvalue weighted by Gasteiger charge is -2.49. The highest BCUT2D eigenvalue weighted by molar-refractivity contribution is 7.46. The van der Waals surface area contributed by atoms with Gasteiger partial charge in [-0.15, -0.1) is 0 Å². The highest BCUT2D eigenvalue weighted by Gasteiger charge is 2.56. The first-order chi connectivity index (χ1) is 28.2. The summed E-state index contributed by atoms with van der Waals surface area (Å²) in [4.78, 5) is 18.6. The van der Waals surface area contributed by atoms with Gasteiger partial charge in [0.1, 0.15) is 122 Å². The Morgan fingerprint density at radius 1 is 0.367 bits per heavy atom. The molecule has 0 bridgehead atoms. The van der Waals surface area contributed by atoms with E-state index in [1.54, 1.807) is 0 Å². The van der Waals surface area contributed by atoms with Crippen molar-refractivity contribution in [1.29, 1.82) is 0 Å². The average molecular weight is 909 g/mol. The molecule has 5 aliphatic heterocycles. The van der Waals surface area contributed by atoms with Crippen LogP contribution in [-0.2, 0) is 51.7 Å². The van der Waals surface area contributed by atoms with Crippen molar-refractivity contribution in [3.63, 3.8) is 0 Å². The first kappa shape index (κ1) is 50.1. The van der Waals surface area contributed by atoms with Crippen molar-refractivity contribution in [1.82, 2.24) is 0 Å². The molecule has 1 unspecified atom stereocenters. The van der Waals surface area contributed by atoms with Gasteiger partial charge in [0.05, 0.1) is 33.0 Å². The molecule has 18 N–H and O–H groups in total. The van der Waals surface area contributed by atoms with Gasteiger partial charge in [-0.3, -0.25) is 4.52 Å². The van der Waals surface area contributed by atoms with E-state index in [1.165, 1.54) is 0 Å². The highest BCUT2D eigenvalue weighted by Crippen LogP contribution is 2.39. The Balaban J connectivity index is 1.27. The second kappa shape index (κ2) is 21.0. The van der Waals surface area contributed by atoms with E-state index in [4.69, 9.17) is 42.6 Å². The summed E-state index contributed by atoms with van der Waals surface area (Å²) in [5, 5.41) is 166. The molecule has 352 valence electrons. The number of aliphatic hydroxyl groups excluding tert-OH is 16.